The molecule has 192 valence electrons. The van der Waals surface area contributed by atoms with Gasteiger partial charge in [0.25, 0.3) is 0 Å². The van der Waals surface area contributed by atoms with E-state index in [0.29, 0.717) is 5.02 Å². The lowest BCUT2D eigenvalue weighted by atomic mass is 10.0. The van der Waals surface area contributed by atoms with Gasteiger partial charge in [0, 0.05) is 72.5 Å². The third-order valence-electron chi connectivity index (χ3n) is 6.05. The second-order valence-electron chi connectivity index (χ2n) is 9.01. The van der Waals surface area contributed by atoms with E-state index < -0.39 is 0 Å². The molecule has 5 nitrogen and oxygen atoms in total. The molecule has 0 unspecified atom stereocenters. The quantitative estimate of drug-likeness (QED) is 0.238. The molecule has 3 N–H and O–H groups in total. The second kappa shape index (κ2) is 13.6. The highest BCUT2D eigenvalue weighted by Crippen LogP contribution is 2.40. The van der Waals surface area contributed by atoms with Gasteiger partial charge >= 0.3 is 0 Å². The number of pyridine rings is 1. The molecule has 1 aliphatic heterocycles. The highest BCUT2D eigenvalue weighted by Gasteiger charge is 2.20. The summed E-state index contributed by atoms with van der Waals surface area (Å²) < 4.78 is 0. The number of aromatic nitrogens is 1. The standard InChI is InChI=1S/C29H38ClN5S/c1-6-8-10-27(33-23-11-13-24(14-12-23)35-17-15-34(5)16-18-35)36-29(22(4)31)25(9-7-2)28-21(3)19-32-20-26(28)30/h9,11-14,19-20,27,33H,6-7,15-18,31H2,1-5H3/b25-9-,29-22+/t27-/m1/s1. The lowest BCUT2D eigenvalue weighted by Crippen LogP contribution is -2.44. The van der Waals surface area contributed by atoms with Crippen molar-refractivity contribution in [2.45, 2.75) is 45.9 Å². The van der Waals surface area contributed by atoms with Crippen LogP contribution in [0.5, 0.6) is 0 Å². The number of hydrogen-bond acceptors (Lipinski definition) is 6. The summed E-state index contributed by atoms with van der Waals surface area (Å²) in [5.41, 5.74) is 12.5. The molecule has 7 heteroatoms. The molecule has 36 heavy (non-hydrogen) atoms. The van der Waals surface area contributed by atoms with Gasteiger partial charge in [-0.1, -0.05) is 49.2 Å². The minimum atomic E-state index is -0.172. The van der Waals surface area contributed by atoms with Crippen molar-refractivity contribution in [2.24, 2.45) is 5.73 Å². The Labute approximate surface area is 226 Å². The van der Waals surface area contributed by atoms with Gasteiger partial charge in [-0.3, -0.25) is 4.98 Å². The molecule has 1 fully saturated rings. The van der Waals surface area contributed by atoms with Gasteiger partial charge in [-0.15, -0.1) is 5.92 Å². The highest BCUT2D eigenvalue weighted by atomic mass is 35.5. The minimum Gasteiger partial charge on any atom is -0.401 e. The van der Waals surface area contributed by atoms with Crippen molar-refractivity contribution >= 4 is 40.3 Å². The van der Waals surface area contributed by atoms with E-state index in [-0.39, 0.29) is 5.37 Å². The van der Waals surface area contributed by atoms with Crippen LogP contribution in [-0.4, -0.2) is 48.5 Å². The van der Waals surface area contributed by atoms with Gasteiger partial charge in [-0.2, -0.15) is 0 Å². The van der Waals surface area contributed by atoms with Gasteiger partial charge in [-0.25, -0.2) is 0 Å². The van der Waals surface area contributed by atoms with Crippen molar-refractivity contribution in [3.8, 4) is 11.8 Å². The first-order valence-corrected chi connectivity index (χ1v) is 13.8. The number of benzene rings is 1. The number of allylic oxidation sites excluding steroid dienone is 3. The number of nitrogens with one attached hydrogen (secondary N) is 1. The molecular formula is C29H38ClN5S. The zero-order valence-corrected chi connectivity index (χ0v) is 23.6. The third-order valence-corrected chi connectivity index (χ3v) is 7.58. The predicted molar refractivity (Wildman–Crippen MR) is 158 cm³/mol. The van der Waals surface area contributed by atoms with Crippen molar-refractivity contribution < 1.29 is 0 Å². The van der Waals surface area contributed by atoms with Gasteiger partial charge < -0.3 is 20.9 Å². The summed E-state index contributed by atoms with van der Waals surface area (Å²) >= 11 is 8.25. The SMILES string of the molecule is CCC#C[C@H](Nc1ccc(N2CCN(C)CC2)cc1)SC(/C(=C\CC)c1c(C)cncc1Cl)=C(\C)N. The molecule has 1 aliphatic rings. The number of anilines is 2. The summed E-state index contributed by atoms with van der Waals surface area (Å²) in [5.74, 6) is 6.64. The fourth-order valence-corrected chi connectivity index (χ4v) is 5.52. The van der Waals surface area contributed by atoms with Crippen LogP contribution in [0, 0.1) is 18.8 Å². The summed E-state index contributed by atoms with van der Waals surface area (Å²) in [6, 6.07) is 8.66. The summed E-state index contributed by atoms with van der Waals surface area (Å²) in [4.78, 5) is 10.0. The van der Waals surface area contributed by atoms with Gasteiger partial charge in [0.2, 0.25) is 0 Å². The van der Waals surface area contributed by atoms with Crippen LogP contribution >= 0.6 is 23.4 Å². The number of rotatable bonds is 8. The van der Waals surface area contributed by atoms with Gasteiger partial charge in [0.1, 0.15) is 5.37 Å². The summed E-state index contributed by atoms with van der Waals surface area (Å²) in [6.07, 6.45) is 7.36. The molecule has 0 bridgehead atoms. The second-order valence-corrected chi connectivity index (χ2v) is 10.5. The third kappa shape index (κ3) is 7.46. The normalized spacial score (nSPS) is 16.2. The highest BCUT2D eigenvalue weighted by molar-refractivity contribution is 8.04. The summed E-state index contributed by atoms with van der Waals surface area (Å²) in [5, 5.41) is 4.07. The van der Waals surface area contributed by atoms with Crippen LogP contribution in [0.15, 0.2) is 53.3 Å². The molecule has 1 atom stereocenters. The number of hydrogen-bond donors (Lipinski definition) is 2. The van der Waals surface area contributed by atoms with E-state index in [0.717, 1.165) is 72.0 Å². The Morgan fingerprint density at radius 1 is 1.19 bits per heavy atom. The molecule has 0 amide bonds. The average molecular weight is 524 g/mol. The van der Waals surface area contributed by atoms with Crippen molar-refractivity contribution in [1.29, 1.82) is 0 Å². The van der Waals surface area contributed by atoms with E-state index in [1.807, 2.05) is 20.0 Å². The Kier molecular flexibility index (Phi) is 10.6. The molecule has 0 spiro atoms. The van der Waals surface area contributed by atoms with E-state index in [1.54, 1.807) is 18.0 Å². The van der Waals surface area contributed by atoms with E-state index in [9.17, 15) is 0 Å². The molecule has 1 aromatic carbocycles. The first kappa shape index (κ1) is 28.0. The van der Waals surface area contributed by atoms with Crippen molar-refractivity contribution in [2.75, 3.05) is 43.4 Å². The van der Waals surface area contributed by atoms with Crippen LogP contribution in [-0.2, 0) is 0 Å². The zero-order valence-electron chi connectivity index (χ0n) is 22.1. The maximum Gasteiger partial charge on any atom is 0.139 e. The number of piperazine rings is 1. The molecule has 1 saturated heterocycles. The fraction of sp³-hybridized carbons (Fsp3) is 0.414. The lowest BCUT2D eigenvalue weighted by Gasteiger charge is -2.34. The number of nitrogens with zero attached hydrogens (tertiary/aromatic N) is 3. The van der Waals surface area contributed by atoms with E-state index in [1.165, 1.54) is 5.69 Å². The minimum absolute atomic E-state index is 0.172. The van der Waals surface area contributed by atoms with Crippen LogP contribution in [0.1, 0.15) is 44.7 Å². The van der Waals surface area contributed by atoms with Crippen molar-refractivity contribution in [3.63, 3.8) is 0 Å². The molecule has 1 aromatic heterocycles. The summed E-state index contributed by atoms with van der Waals surface area (Å²) in [7, 11) is 2.18. The Morgan fingerprint density at radius 2 is 1.89 bits per heavy atom. The van der Waals surface area contributed by atoms with Crippen LogP contribution in [0.25, 0.3) is 5.57 Å². The summed E-state index contributed by atoms with van der Waals surface area (Å²) in [6.45, 7) is 12.4. The average Bonchev–Trinajstić information content (AvgIpc) is 2.86. The van der Waals surface area contributed by atoms with E-state index in [4.69, 9.17) is 17.3 Å². The topological polar surface area (TPSA) is 57.4 Å². The number of nitrogens with two attached hydrogens (primary N) is 1. The maximum atomic E-state index is 6.62. The molecule has 2 heterocycles. The lowest BCUT2D eigenvalue weighted by molar-refractivity contribution is 0.313. The van der Waals surface area contributed by atoms with Gasteiger partial charge in [-0.05, 0) is 62.7 Å². The smallest absolute Gasteiger partial charge is 0.139 e. The van der Waals surface area contributed by atoms with E-state index >= 15 is 0 Å². The Bertz CT molecular complexity index is 1110. The fourth-order valence-electron chi connectivity index (χ4n) is 4.15. The first-order valence-electron chi connectivity index (χ1n) is 12.6. The largest absolute Gasteiger partial charge is 0.401 e. The molecular weight excluding hydrogens is 486 g/mol. The molecule has 3 rings (SSSR count). The molecule has 0 radical (unpaired) electrons. The number of thioether (sulfide) groups is 1. The van der Waals surface area contributed by atoms with Gasteiger partial charge in [0.15, 0.2) is 0 Å². The number of likely N-dealkylation sites (N-methyl/N-ethyl adjacent to an activating group) is 1. The number of aryl methyl sites for hydroxylation is 1. The molecule has 0 aliphatic carbocycles. The Balaban J connectivity index is 1.85. The van der Waals surface area contributed by atoms with Crippen molar-refractivity contribution in [3.05, 3.63) is 69.5 Å². The van der Waals surface area contributed by atoms with Crippen molar-refractivity contribution in [1.82, 2.24) is 9.88 Å². The molecule has 0 saturated carbocycles. The van der Waals surface area contributed by atoms with E-state index in [2.05, 4.69) is 83.2 Å². The van der Waals surface area contributed by atoms with Crippen LogP contribution in [0.2, 0.25) is 5.02 Å². The maximum absolute atomic E-state index is 6.62. The van der Waals surface area contributed by atoms with Crippen LogP contribution < -0.4 is 16.0 Å². The van der Waals surface area contributed by atoms with Crippen LogP contribution in [0.4, 0.5) is 11.4 Å². The Hall–Kier alpha value is -2.59. The van der Waals surface area contributed by atoms with Gasteiger partial charge in [0.05, 0.1) is 5.02 Å². The molecule has 2 aromatic rings. The predicted octanol–water partition coefficient (Wildman–Crippen LogP) is 6.36. The zero-order chi connectivity index (χ0) is 26.1. The number of halogens is 1. The monoisotopic (exact) mass is 523 g/mol. The first-order chi connectivity index (χ1) is 17.3. The van der Waals surface area contributed by atoms with Crippen LogP contribution in [0.3, 0.4) is 0 Å². The Morgan fingerprint density at radius 3 is 2.47 bits per heavy atom.